The number of hydrogen-bond donors (Lipinski definition) is 1. The number of nitrogens with zero attached hydrogens (tertiary/aromatic N) is 2. The Bertz CT molecular complexity index is 321. The summed E-state index contributed by atoms with van der Waals surface area (Å²) in [6.45, 7) is 19.5. The molecule has 2 saturated heterocycles. The van der Waals surface area contributed by atoms with E-state index in [1.165, 1.54) is 65.0 Å². The lowest BCUT2D eigenvalue weighted by Crippen LogP contribution is -2.50. The fraction of sp³-hybridized carbons (Fsp3) is 1.00. The summed E-state index contributed by atoms with van der Waals surface area (Å²) in [5.74, 6) is 2.63. The van der Waals surface area contributed by atoms with Crippen molar-refractivity contribution in [1.82, 2.24) is 15.1 Å². The molecule has 2 rings (SSSR count). The molecule has 2 fully saturated rings. The van der Waals surface area contributed by atoms with E-state index in [0.717, 1.165) is 23.8 Å². The molecule has 3 nitrogen and oxygen atoms in total. The van der Waals surface area contributed by atoms with Gasteiger partial charge >= 0.3 is 0 Å². The quantitative estimate of drug-likeness (QED) is 0.724. The molecule has 2 heterocycles. The summed E-state index contributed by atoms with van der Waals surface area (Å²) in [6.07, 6.45) is 5.45. The first-order valence-corrected chi connectivity index (χ1v) is 10.2. The molecule has 3 heteroatoms. The van der Waals surface area contributed by atoms with Crippen molar-refractivity contribution in [3.8, 4) is 0 Å². The van der Waals surface area contributed by atoms with E-state index >= 15 is 0 Å². The van der Waals surface area contributed by atoms with Crippen LogP contribution in [0.4, 0.5) is 0 Å². The maximum Gasteiger partial charge on any atom is 0.0117 e. The van der Waals surface area contributed by atoms with Crippen LogP contribution in [0.25, 0.3) is 0 Å². The Kier molecular flexibility index (Phi) is 7.84. The summed E-state index contributed by atoms with van der Waals surface area (Å²) >= 11 is 0. The smallest absolute Gasteiger partial charge is 0.0117 e. The lowest BCUT2D eigenvalue weighted by Gasteiger charge is -2.39. The first-order valence-electron chi connectivity index (χ1n) is 10.2. The fourth-order valence-electron chi connectivity index (χ4n) is 4.38. The van der Waals surface area contributed by atoms with Gasteiger partial charge in [-0.15, -0.1) is 0 Å². The van der Waals surface area contributed by atoms with E-state index in [9.17, 15) is 0 Å². The first kappa shape index (κ1) is 19.2. The summed E-state index contributed by atoms with van der Waals surface area (Å²) in [5, 5.41) is 3.84. The Morgan fingerprint density at radius 3 is 2.26 bits per heavy atom. The lowest BCUT2D eigenvalue weighted by molar-refractivity contribution is 0.116. The second-order valence-corrected chi connectivity index (χ2v) is 8.69. The zero-order valence-electron chi connectivity index (χ0n) is 16.4. The zero-order valence-corrected chi connectivity index (χ0v) is 16.4. The molecule has 2 atom stereocenters. The molecule has 0 radical (unpaired) electrons. The van der Waals surface area contributed by atoms with E-state index in [-0.39, 0.29) is 0 Å². The molecule has 2 aliphatic rings. The molecule has 0 aliphatic carbocycles. The van der Waals surface area contributed by atoms with Gasteiger partial charge in [-0.3, -0.25) is 0 Å². The average molecular weight is 324 g/mol. The van der Waals surface area contributed by atoms with E-state index in [2.05, 4.69) is 49.7 Å². The number of piperidine rings is 2. The van der Waals surface area contributed by atoms with Crippen LogP contribution in [-0.2, 0) is 0 Å². The second-order valence-electron chi connectivity index (χ2n) is 8.69. The molecule has 0 spiro atoms. The Balaban J connectivity index is 1.56. The molecule has 23 heavy (non-hydrogen) atoms. The minimum Gasteiger partial charge on any atom is -0.314 e. The van der Waals surface area contributed by atoms with Gasteiger partial charge in [0.2, 0.25) is 0 Å². The molecular formula is C20H41N3. The van der Waals surface area contributed by atoms with Crippen molar-refractivity contribution in [1.29, 1.82) is 0 Å². The molecule has 0 unspecified atom stereocenters. The molecule has 1 N–H and O–H groups in total. The van der Waals surface area contributed by atoms with Gasteiger partial charge in [0.15, 0.2) is 0 Å². The lowest BCUT2D eigenvalue weighted by atomic mass is 9.87. The first-order chi connectivity index (χ1) is 11.0. The zero-order chi connectivity index (χ0) is 16.8. The normalized spacial score (nSPS) is 28.8. The highest BCUT2D eigenvalue weighted by Gasteiger charge is 2.26. The van der Waals surface area contributed by atoms with Crippen molar-refractivity contribution in [2.75, 3.05) is 39.3 Å². The van der Waals surface area contributed by atoms with Crippen molar-refractivity contribution >= 4 is 0 Å². The van der Waals surface area contributed by atoms with Crippen molar-refractivity contribution < 1.29 is 0 Å². The highest BCUT2D eigenvalue weighted by molar-refractivity contribution is 4.84. The summed E-state index contributed by atoms with van der Waals surface area (Å²) in [4.78, 5) is 5.31. The van der Waals surface area contributed by atoms with Crippen LogP contribution in [0, 0.1) is 17.8 Å². The third kappa shape index (κ3) is 6.03. The maximum absolute atomic E-state index is 3.84. The van der Waals surface area contributed by atoms with Gasteiger partial charge in [-0.05, 0) is 90.0 Å². The standard InChI is InChI=1S/C20H41N3/c1-16(2)19-7-12-22(13-8-19)11-6-10-21-20-9-14-23(17(3)4)15-18(20)5/h16-21H,6-15H2,1-5H3/t18-,20-/m1/s1. The second kappa shape index (κ2) is 9.39. The van der Waals surface area contributed by atoms with Crippen LogP contribution in [0.2, 0.25) is 0 Å². The topological polar surface area (TPSA) is 18.5 Å². The summed E-state index contributed by atoms with van der Waals surface area (Å²) in [6, 6.07) is 1.43. The fourth-order valence-corrected chi connectivity index (χ4v) is 4.38. The van der Waals surface area contributed by atoms with E-state index in [1.807, 2.05) is 0 Å². The van der Waals surface area contributed by atoms with Crippen molar-refractivity contribution in [3.63, 3.8) is 0 Å². The third-order valence-corrected chi connectivity index (χ3v) is 6.30. The molecule has 0 aromatic heterocycles. The predicted octanol–water partition coefficient (Wildman–Crippen LogP) is 3.45. The van der Waals surface area contributed by atoms with E-state index < -0.39 is 0 Å². The highest BCUT2D eigenvalue weighted by atomic mass is 15.2. The number of likely N-dealkylation sites (tertiary alicyclic amines) is 2. The molecular weight excluding hydrogens is 282 g/mol. The number of nitrogens with one attached hydrogen (secondary N) is 1. The molecule has 0 aromatic carbocycles. The van der Waals surface area contributed by atoms with Gasteiger partial charge in [-0.2, -0.15) is 0 Å². The van der Waals surface area contributed by atoms with Gasteiger partial charge in [-0.1, -0.05) is 20.8 Å². The average Bonchev–Trinajstić information content (AvgIpc) is 2.53. The van der Waals surface area contributed by atoms with Gasteiger partial charge in [0.25, 0.3) is 0 Å². The molecule has 2 aliphatic heterocycles. The summed E-state index contributed by atoms with van der Waals surface area (Å²) in [5.41, 5.74) is 0. The number of hydrogen-bond acceptors (Lipinski definition) is 3. The van der Waals surface area contributed by atoms with Crippen molar-refractivity contribution in [3.05, 3.63) is 0 Å². The van der Waals surface area contributed by atoms with Crippen molar-refractivity contribution in [2.24, 2.45) is 17.8 Å². The van der Waals surface area contributed by atoms with E-state index in [4.69, 9.17) is 0 Å². The van der Waals surface area contributed by atoms with E-state index in [1.54, 1.807) is 0 Å². The van der Waals surface area contributed by atoms with E-state index in [0.29, 0.717) is 6.04 Å². The Labute approximate surface area is 145 Å². The minimum atomic E-state index is 0.701. The molecule has 0 bridgehead atoms. The van der Waals surface area contributed by atoms with Crippen LogP contribution in [0.5, 0.6) is 0 Å². The Hall–Kier alpha value is -0.120. The van der Waals surface area contributed by atoms with Crippen LogP contribution in [-0.4, -0.2) is 61.2 Å². The SMILES string of the molecule is CC(C)C1CCN(CCCN[C@@H]2CCN(C(C)C)C[C@H]2C)CC1. The molecule has 0 saturated carbocycles. The summed E-state index contributed by atoms with van der Waals surface area (Å²) in [7, 11) is 0. The van der Waals surface area contributed by atoms with Gasteiger partial charge in [0.05, 0.1) is 0 Å². The van der Waals surface area contributed by atoms with Crippen LogP contribution in [0.15, 0.2) is 0 Å². The summed E-state index contributed by atoms with van der Waals surface area (Å²) < 4.78 is 0. The van der Waals surface area contributed by atoms with Crippen LogP contribution in [0.1, 0.15) is 60.3 Å². The highest BCUT2D eigenvalue weighted by Crippen LogP contribution is 2.24. The Morgan fingerprint density at radius 1 is 1.00 bits per heavy atom. The Morgan fingerprint density at radius 2 is 1.70 bits per heavy atom. The maximum atomic E-state index is 3.84. The predicted molar refractivity (Wildman–Crippen MR) is 101 cm³/mol. The third-order valence-electron chi connectivity index (χ3n) is 6.30. The largest absolute Gasteiger partial charge is 0.314 e. The minimum absolute atomic E-state index is 0.701. The van der Waals surface area contributed by atoms with Crippen molar-refractivity contribution in [2.45, 2.75) is 72.4 Å². The van der Waals surface area contributed by atoms with Crippen LogP contribution >= 0.6 is 0 Å². The number of rotatable bonds is 7. The van der Waals surface area contributed by atoms with Gasteiger partial charge in [0.1, 0.15) is 0 Å². The van der Waals surface area contributed by atoms with Crippen LogP contribution in [0.3, 0.4) is 0 Å². The molecule has 136 valence electrons. The molecule has 0 amide bonds. The van der Waals surface area contributed by atoms with Crippen LogP contribution < -0.4 is 5.32 Å². The van der Waals surface area contributed by atoms with Gasteiger partial charge in [0, 0.05) is 18.6 Å². The van der Waals surface area contributed by atoms with Gasteiger partial charge < -0.3 is 15.1 Å². The molecule has 0 aromatic rings. The monoisotopic (exact) mass is 323 g/mol. The van der Waals surface area contributed by atoms with Gasteiger partial charge in [-0.25, -0.2) is 0 Å².